The predicted molar refractivity (Wildman–Crippen MR) is 75.6 cm³/mol. The third kappa shape index (κ3) is 3.34. The van der Waals surface area contributed by atoms with Crippen molar-refractivity contribution in [2.45, 2.75) is 51.3 Å². The van der Waals surface area contributed by atoms with Gasteiger partial charge in [-0.25, -0.2) is 0 Å². The minimum Gasteiger partial charge on any atom is -0.387 e. The number of benzene rings is 1. The molecule has 1 aliphatic heterocycles. The van der Waals surface area contributed by atoms with Crippen LogP contribution in [0, 0.1) is 11.3 Å². The Morgan fingerprint density at radius 3 is 2.37 bits per heavy atom. The van der Waals surface area contributed by atoms with Crippen molar-refractivity contribution in [2.24, 2.45) is 0 Å². The van der Waals surface area contributed by atoms with Gasteiger partial charge in [-0.3, -0.25) is 4.90 Å². The van der Waals surface area contributed by atoms with Crippen LogP contribution in [0.4, 0.5) is 0 Å². The smallest absolute Gasteiger partial charge is 0.0991 e. The molecule has 1 saturated heterocycles. The molecule has 19 heavy (non-hydrogen) atoms. The molecule has 0 bridgehead atoms. The van der Waals surface area contributed by atoms with Crippen LogP contribution in [0.3, 0.4) is 0 Å². The van der Waals surface area contributed by atoms with E-state index >= 15 is 0 Å². The van der Waals surface area contributed by atoms with Gasteiger partial charge >= 0.3 is 0 Å². The molecule has 0 saturated carbocycles. The number of nitriles is 1. The lowest BCUT2D eigenvalue weighted by molar-refractivity contribution is 0.0412. The first kappa shape index (κ1) is 14.0. The van der Waals surface area contributed by atoms with Gasteiger partial charge in [0.05, 0.1) is 17.7 Å². The summed E-state index contributed by atoms with van der Waals surface area (Å²) in [6, 6.07) is 10.4. The number of hydrogen-bond acceptors (Lipinski definition) is 3. The lowest BCUT2D eigenvalue weighted by Gasteiger charge is -2.40. The number of piperidine rings is 1. The molecule has 102 valence electrons. The fourth-order valence-electron chi connectivity index (χ4n) is 2.92. The summed E-state index contributed by atoms with van der Waals surface area (Å²) in [6.07, 6.45) is 3.23. The second-order valence-corrected chi connectivity index (χ2v) is 5.58. The van der Waals surface area contributed by atoms with Crippen LogP contribution in [0.1, 0.15) is 50.3 Å². The molecule has 1 aromatic carbocycles. The lowest BCUT2D eigenvalue weighted by Crippen LogP contribution is -2.45. The molecule has 1 N–H and O–H groups in total. The summed E-state index contributed by atoms with van der Waals surface area (Å²) >= 11 is 0. The molecule has 2 rings (SSSR count). The van der Waals surface area contributed by atoms with Gasteiger partial charge in [0, 0.05) is 18.6 Å². The Bertz CT molecular complexity index is 439. The topological polar surface area (TPSA) is 47.3 Å². The van der Waals surface area contributed by atoms with E-state index in [1.165, 1.54) is 19.3 Å². The number of aliphatic hydroxyl groups is 1. The van der Waals surface area contributed by atoms with Crippen molar-refractivity contribution in [3.63, 3.8) is 0 Å². The molecule has 0 spiro atoms. The average Bonchev–Trinajstić information content (AvgIpc) is 2.43. The zero-order valence-electron chi connectivity index (χ0n) is 11.7. The summed E-state index contributed by atoms with van der Waals surface area (Å²) in [6.45, 7) is 5.15. The van der Waals surface area contributed by atoms with E-state index in [0.29, 0.717) is 24.2 Å². The van der Waals surface area contributed by atoms with Gasteiger partial charge in [-0.2, -0.15) is 5.26 Å². The van der Waals surface area contributed by atoms with Gasteiger partial charge < -0.3 is 5.11 Å². The molecule has 3 heteroatoms. The molecular formula is C16H22N2O. The van der Waals surface area contributed by atoms with Crippen LogP contribution in [0.25, 0.3) is 0 Å². The second kappa shape index (κ2) is 6.18. The van der Waals surface area contributed by atoms with Crippen LogP contribution >= 0.6 is 0 Å². The Balaban J connectivity index is 2.03. The van der Waals surface area contributed by atoms with E-state index in [1.54, 1.807) is 12.1 Å². The number of β-amino-alcohol motifs (C(OH)–C–C–N with tert-alkyl or cyclic N) is 1. The summed E-state index contributed by atoms with van der Waals surface area (Å²) in [5.74, 6) is 0. The monoisotopic (exact) mass is 258 g/mol. The largest absolute Gasteiger partial charge is 0.387 e. The SMILES string of the molecule is C[C@@H]1CCC[C@H](C)N1CC(O)c1ccc(C#N)cc1. The van der Waals surface area contributed by atoms with E-state index in [2.05, 4.69) is 24.8 Å². The average molecular weight is 258 g/mol. The van der Waals surface area contributed by atoms with E-state index in [4.69, 9.17) is 5.26 Å². The number of nitrogens with zero attached hydrogens (tertiary/aromatic N) is 2. The fourth-order valence-corrected chi connectivity index (χ4v) is 2.92. The molecule has 0 aromatic heterocycles. The standard InChI is InChI=1S/C16H22N2O/c1-12-4-3-5-13(2)18(12)11-16(19)15-8-6-14(10-17)7-9-15/h6-9,12-13,16,19H,3-5,11H2,1-2H3/t12-,13+,16?. The molecular weight excluding hydrogens is 236 g/mol. The van der Waals surface area contributed by atoms with E-state index < -0.39 is 6.10 Å². The quantitative estimate of drug-likeness (QED) is 0.907. The van der Waals surface area contributed by atoms with Gasteiger partial charge in [0.2, 0.25) is 0 Å². The molecule has 1 fully saturated rings. The molecule has 0 radical (unpaired) electrons. The molecule has 3 nitrogen and oxygen atoms in total. The summed E-state index contributed by atoms with van der Waals surface area (Å²) in [4.78, 5) is 2.40. The Kier molecular flexibility index (Phi) is 4.57. The van der Waals surface area contributed by atoms with Crippen molar-refractivity contribution in [3.8, 4) is 6.07 Å². The second-order valence-electron chi connectivity index (χ2n) is 5.58. The third-order valence-corrected chi connectivity index (χ3v) is 4.18. The highest BCUT2D eigenvalue weighted by Crippen LogP contribution is 2.25. The Hall–Kier alpha value is -1.37. The number of hydrogen-bond donors (Lipinski definition) is 1. The Morgan fingerprint density at radius 1 is 1.26 bits per heavy atom. The highest BCUT2D eigenvalue weighted by molar-refractivity contribution is 5.32. The maximum absolute atomic E-state index is 10.3. The van der Waals surface area contributed by atoms with Crippen molar-refractivity contribution in [3.05, 3.63) is 35.4 Å². The van der Waals surface area contributed by atoms with Crippen LogP contribution in [0.5, 0.6) is 0 Å². The first-order valence-electron chi connectivity index (χ1n) is 7.05. The van der Waals surface area contributed by atoms with Crippen LogP contribution < -0.4 is 0 Å². The third-order valence-electron chi connectivity index (χ3n) is 4.18. The highest BCUT2D eigenvalue weighted by atomic mass is 16.3. The molecule has 1 aromatic rings. The van der Waals surface area contributed by atoms with Crippen molar-refractivity contribution < 1.29 is 5.11 Å². The van der Waals surface area contributed by atoms with Gasteiger partial charge in [0.15, 0.2) is 0 Å². The van der Waals surface area contributed by atoms with Crippen molar-refractivity contribution >= 4 is 0 Å². The first-order valence-corrected chi connectivity index (χ1v) is 7.05. The molecule has 0 amide bonds. The molecule has 3 atom stereocenters. The number of rotatable bonds is 3. The molecule has 1 heterocycles. The first-order chi connectivity index (χ1) is 9.11. The van der Waals surface area contributed by atoms with E-state index in [0.717, 1.165) is 5.56 Å². The van der Waals surface area contributed by atoms with Gasteiger partial charge in [-0.15, -0.1) is 0 Å². The Morgan fingerprint density at radius 2 is 1.84 bits per heavy atom. The lowest BCUT2D eigenvalue weighted by atomic mass is 9.96. The van der Waals surface area contributed by atoms with Crippen molar-refractivity contribution in [1.82, 2.24) is 4.90 Å². The van der Waals surface area contributed by atoms with E-state index in [9.17, 15) is 5.11 Å². The van der Waals surface area contributed by atoms with Crippen molar-refractivity contribution in [1.29, 1.82) is 5.26 Å². The fraction of sp³-hybridized carbons (Fsp3) is 0.562. The normalized spacial score (nSPS) is 25.8. The van der Waals surface area contributed by atoms with E-state index in [-0.39, 0.29) is 0 Å². The number of aliphatic hydroxyl groups excluding tert-OH is 1. The van der Waals surface area contributed by atoms with Crippen LogP contribution in [-0.4, -0.2) is 28.6 Å². The van der Waals surface area contributed by atoms with Gasteiger partial charge in [0.1, 0.15) is 0 Å². The molecule has 1 aliphatic rings. The number of likely N-dealkylation sites (tertiary alicyclic amines) is 1. The zero-order chi connectivity index (χ0) is 13.8. The maximum Gasteiger partial charge on any atom is 0.0991 e. The molecule has 1 unspecified atom stereocenters. The Labute approximate surface area is 115 Å². The molecule has 0 aliphatic carbocycles. The van der Waals surface area contributed by atoms with E-state index in [1.807, 2.05) is 12.1 Å². The summed E-state index contributed by atoms with van der Waals surface area (Å²) in [7, 11) is 0. The minimum atomic E-state index is -0.476. The van der Waals surface area contributed by atoms with Crippen LogP contribution in [-0.2, 0) is 0 Å². The highest BCUT2D eigenvalue weighted by Gasteiger charge is 2.26. The van der Waals surface area contributed by atoms with Crippen LogP contribution in [0.15, 0.2) is 24.3 Å². The summed E-state index contributed by atoms with van der Waals surface area (Å²) in [5.41, 5.74) is 1.53. The maximum atomic E-state index is 10.3. The van der Waals surface area contributed by atoms with Gasteiger partial charge in [-0.1, -0.05) is 18.6 Å². The summed E-state index contributed by atoms with van der Waals surface area (Å²) in [5, 5.41) is 19.1. The predicted octanol–water partition coefficient (Wildman–Crippen LogP) is 2.85. The summed E-state index contributed by atoms with van der Waals surface area (Å²) < 4.78 is 0. The minimum absolute atomic E-state index is 0.476. The van der Waals surface area contributed by atoms with Gasteiger partial charge in [0.25, 0.3) is 0 Å². The van der Waals surface area contributed by atoms with Gasteiger partial charge in [-0.05, 0) is 44.4 Å². The van der Waals surface area contributed by atoms with Crippen molar-refractivity contribution in [2.75, 3.05) is 6.54 Å². The zero-order valence-corrected chi connectivity index (χ0v) is 11.7. The van der Waals surface area contributed by atoms with Crippen LogP contribution in [0.2, 0.25) is 0 Å².